The molecule has 4 aromatic rings. The molecule has 0 saturated carbocycles. The van der Waals surface area contributed by atoms with Crippen LogP contribution in [0.1, 0.15) is 20.8 Å². The van der Waals surface area contributed by atoms with Crippen molar-refractivity contribution in [1.29, 1.82) is 0 Å². The maximum atomic E-state index is 12.8. The molecular weight excluding hydrogens is 378 g/mol. The second kappa shape index (κ2) is 6.83. The first-order valence-corrected chi connectivity index (χ1v) is 9.73. The Morgan fingerprint density at radius 1 is 1.15 bits per heavy atom. The molecule has 0 bridgehead atoms. The lowest BCUT2D eigenvalue weighted by atomic mass is 10.1. The number of fused-ring (bicyclic) bond motifs is 1. The van der Waals surface area contributed by atoms with Crippen LogP contribution in [0.4, 0.5) is 5.69 Å². The van der Waals surface area contributed by atoms with E-state index in [9.17, 15) is 4.79 Å². The van der Waals surface area contributed by atoms with E-state index in [-0.39, 0.29) is 5.91 Å². The molecule has 4 nitrogen and oxygen atoms in total. The maximum absolute atomic E-state index is 12.8. The number of nitrogens with zero attached hydrogens (tertiary/aromatic N) is 2. The standard InChI is InChI=1S/C21H18ClN3OS/c1-12-5-4-6-17(13(12)2)23-20(26)18-11-16-19(24-25(3)21(16)27-18)14-7-9-15(22)10-8-14/h4-11H,1-3H3,(H,23,26). The van der Waals surface area contributed by atoms with E-state index in [0.717, 1.165) is 38.3 Å². The van der Waals surface area contributed by atoms with E-state index in [1.54, 1.807) is 0 Å². The molecule has 2 aromatic carbocycles. The Morgan fingerprint density at radius 3 is 2.63 bits per heavy atom. The van der Waals surface area contributed by atoms with Crippen LogP contribution in [0, 0.1) is 13.8 Å². The summed E-state index contributed by atoms with van der Waals surface area (Å²) < 4.78 is 1.82. The van der Waals surface area contributed by atoms with Crippen molar-refractivity contribution in [3.8, 4) is 11.3 Å². The van der Waals surface area contributed by atoms with Crippen molar-refractivity contribution in [2.45, 2.75) is 13.8 Å². The van der Waals surface area contributed by atoms with Gasteiger partial charge in [-0.25, -0.2) is 0 Å². The first-order valence-electron chi connectivity index (χ1n) is 8.54. The molecule has 27 heavy (non-hydrogen) atoms. The number of anilines is 1. The topological polar surface area (TPSA) is 46.9 Å². The van der Waals surface area contributed by atoms with Crippen LogP contribution < -0.4 is 5.32 Å². The molecule has 0 aliphatic heterocycles. The number of aryl methyl sites for hydroxylation is 2. The van der Waals surface area contributed by atoms with Gasteiger partial charge >= 0.3 is 0 Å². The van der Waals surface area contributed by atoms with Crippen molar-refractivity contribution in [2.75, 3.05) is 5.32 Å². The van der Waals surface area contributed by atoms with Gasteiger partial charge in [0.2, 0.25) is 0 Å². The monoisotopic (exact) mass is 395 g/mol. The van der Waals surface area contributed by atoms with Crippen LogP contribution in [-0.4, -0.2) is 15.7 Å². The molecule has 0 aliphatic rings. The zero-order chi connectivity index (χ0) is 19.1. The highest BCUT2D eigenvalue weighted by atomic mass is 35.5. The lowest BCUT2D eigenvalue weighted by molar-refractivity contribution is 0.103. The van der Waals surface area contributed by atoms with Crippen LogP contribution >= 0.6 is 22.9 Å². The molecule has 0 atom stereocenters. The lowest BCUT2D eigenvalue weighted by Gasteiger charge is -2.09. The van der Waals surface area contributed by atoms with Gasteiger partial charge in [-0.05, 0) is 49.2 Å². The van der Waals surface area contributed by atoms with Gasteiger partial charge in [0.25, 0.3) is 5.91 Å². The molecule has 0 aliphatic carbocycles. The summed E-state index contributed by atoms with van der Waals surface area (Å²) in [5, 5.41) is 9.29. The van der Waals surface area contributed by atoms with Crippen molar-refractivity contribution >= 4 is 44.7 Å². The average molecular weight is 396 g/mol. The molecule has 1 amide bonds. The molecule has 2 aromatic heterocycles. The van der Waals surface area contributed by atoms with Crippen LogP contribution in [-0.2, 0) is 7.05 Å². The molecular formula is C21H18ClN3OS. The molecule has 0 saturated heterocycles. The largest absolute Gasteiger partial charge is 0.321 e. The Morgan fingerprint density at radius 2 is 1.89 bits per heavy atom. The predicted octanol–water partition coefficient (Wildman–Crippen LogP) is 5.82. The van der Waals surface area contributed by atoms with Crippen molar-refractivity contribution in [3.05, 3.63) is 69.6 Å². The minimum absolute atomic E-state index is 0.105. The number of hydrogen-bond acceptors (Lipinski definition) is 3. The molecule has 4 rings (SSSR count). The van der Waals surface area contributed by atoms with Gasteiger partial charge in [0.05, 0.1) is 4.88 Å². The predicted molar refractivity (Wildman–Crippen MR) is 113 cm³/mol. The van der Waals surface area contributed by atoms with Crippen molar-refractivity contribution < 1.29 is 4.79 Å². The van der Waals surface area contributed by atoms with Crippen molar-refractivity contribution in [3.63, 3.8) is 0 Å². The van der Waals surface area contributed by atoms with E-state index < -0.39 is 0 Å². The van der Waals surface area contributed by atoms with Crippen LogP contribution in [0.3, 0.4) is 0 Å². The average Bonchev–Trinajstić information content (AvgIpc) is 3.21. The Hall–Kier alpha value is -2.63. The third kappa shape index (κ3) is 3.24. The van der Waals surface area contributed by atoms with Gasteiger partial charge in [0.15, 0.2) is 0 Å². The molecule has 0 fully saturated rings. The van der Waals surface area contributed by atoms with Crippen molar-refractivity contribution in [2.24, 2.45) is 7.05 Å². The number of carbonyl (C=O) groups excluding carboxylic acids is 1. The van der Waals surface area contributed by atoms with E-state index in [0.29, 0.717) is 9.90 Å². The van der Waals surface area contributed by atoms with Gasteiger partial charge in [-0.2, -0.15) is 5.10 Å². The number of halogens is 1. The Bertz CT molecular complexity index is 1160. The SMILES string of the molecule is Cc1cccc(NC(=O)c2cc3c(-c4ccc(Cl)cc4)nn(C)c3s2)c1C. The summed E-state index contributed by atoms with van der Waals surface area (Å²) in [6, 6.07) is 15.4. The summed E-state index contributed by atoms with van der Waals surface area (Å²) in [4.78, 5) is 14.4. The zero-order valence-electron chi connectivity index (χ0n) is 15.2. The second-order valence-electron chi connectivity index (χ2n) is 6.51. The number of aromatic nitrogens is 2. The highest BCUT2D eigenvalue weighted by Crippen LogP contribution is 2.34. The van der Waals surface area contributed by atoms with Crippen LogP contribution in [0.25, 0.3) is 21.5 Å². The van der Waals surface area contributed by atoms with Crippen LogP contribution in [0.15, 0.2) is 48.5 Å². The fraction of sp³-hybridized carbons (Fsp3) is 0.143. The van der Waals surface area contributed by atoms with Gasteiger partial charge < -0.3 is 5.32 Å². The summed E-state index contributed by atoms with van der Waals surface area (Å²) in [5.74, 6) is -0.105. The number of nitrogens with one attached hydrogen (secondary N) is 1. The Labute approximate surface area is 166 Å². The minimum Gasteiger partial charge on any atom is -0.321 e. The van der Waals surface area contributed by atoms with Crippen molar-refractivity contribution in [1.82, 2.24) is 9.78 Å². The summed E-state index contributed by atoms with van der Waals surface area (Å²) in [5.41, 5.74) is 4.90. The smallest absolute Gasteiger partial charge is 0.265 e. The van der Waals surface area contributed by atoms with E-state index in [1.807, 2.05) is 74.1 Å². The number of thiophene rings is 1. The molecule has 0 spiro atoms. The third-order valence-electron chi connectivity index (χ3n) is 4.71. The summed E-state index contributed by atoms with van der Waals surface area (Å²) in [6.45, 7) is 4.05. The normalized spacial score (nSPS) is 11.1. The second-order valence-corrected chi connectivity index (χ2v) is 7.98. The maximum Gasteiger partial charge on any atom is 0.265 e. The Balaban J connectivity index is 1.71. The molecule has 0 unspecified atom stereocenters. The fourth-order valence-corrected chi connectivity index (χ4v) is 4.14. The zero-order valence-corrected chi connectivity index (χ0v) is 16.8. The number of hydrogen-bond donors (Lipinski definition) is 1. The first-order chi connectivity index (χ1) is 12.9. The van der Waals surface area contributed by atoms with E-state index in [1.165, 1.54) is 11.3 Å². The molecule has 136 valence electrons. The van der Waals surface area contributed by atoms with Gasteiger partial charge in [-0.1, -0.05) is 35.9 Å². The third-order valence-corrected chi connectivity index (χ3v) is 6.16. The Kier molecular flexibility index (Phi) is 4.50. The molecule has 0 radical (unpaired) electrons. The number of amides is 1. The lowest BCUT2D eigenvalue weighted by Crippen LogP contribution is -2.11. The number of carbonyl (C=O) groups is 1. The van der Waals surface area contributed by atoms with Gasteiger partial charge in [0, 0.05) is 28.7 Å². The first kappa shape index (κ1) is 17.8. The number of rotatable bonds is 3. The molecule has 1 N–H and O–H groups in total. The van der Waals surface area contributed by atoms with Crippen LogP contribution in [0.2, 0.25) is 5.02 Å². The molecule has 6 heteroatoms. The number of benzene rings is 2. The highest BCUT2D eigenvalue weighted by Gasteiger charge is 2.18. The summed E-state index contributed by atoms with van der Waals surface area (Å²) in [6.07, 6.45) is 0. The fourth-order valence-electron chi connectivity index (χ4n) is 3.04. The quantitative estimate of drug-likeness (QED) is 0.474. The van der Waals surface area contributed by atoms with Gasteiger partial charge in [0.1, 0.15) is 10.5 Å². The van der Waals surface area contributed by atoms with E-state index in [4.69, 9.17) is 11.6 Å². The molecule has 2 heterocycles. The summed E-state index contributed by atoms with van der Waals surface area (Å²) in [7, 11) is 1.89. The van der Waals surface area contributed by atoms with E-state index in [2.05, 4.69) is 10.4 Å². The highest BCUT2D eigenvalue weighted by molar-refractivity contribution is 7.20. The summed E-state index contributed by atoms with van der Waals surface area (Å²) >= 11 is 7.43. The van der Waals surface area contributed by atoms with Gasteiger partial charge in [-0.15, -0.1) is 11.3 Å². The minimum atomic E-state index is -0.105. The van der Waals surface area contributed by atoms with E-state index >= 15 is 0 Å². The van der Waals surface area contributed by atoms with Crippen LogP contribution in [0.5, 0.6) is 0 Å². The van der Waals surface area contributed by atoms with Gasteiger partial charge in [-0.3, -0.25) is 9.48 Å².